The molecule has 0 aliphatic heterocycles. The van der Waals surface area contributed by atoms with Crippen molar-refractivity contribution in [1.29, 1.82) is 0 Å². The van der Waals surface area contributed by atoms with Crippen LogP contribution in [0.2, 0.25) is 5.15 Å². The van der Waals surface area contributed by atoms with E-state index in [9.17, 15) is 9.59 Å². The maximum atomic E-state index is 11.3. The molecule has 0 unspecified atom stereocenters. The molecule has 1 rings (SSSR count). The van der Waals surface area contributed by atoms with Crippen molar-refractivity contribution in [2.24, 2.45) is 14.1 Å². The van der Waals surface area contributed by atoms with E-state index in [1.165, 1.54) is 9.13 Å². The minimum absolute atomic E-state index is 0.0307. The van der Waals surface area contributed by atoms with E-state index in [2.05, 4.69) is 0 Å². The second-order valence-electron chi connectivity index (χ2n) is 3.03. The number of aliphatic carboxylic acids is 1. The van der Waals surface area contributed by atoms with Crippen molar-refractivity contribution in [3.05, 3.63) is 21.3 Å². The third-order valence-electron chi connectivity index (χ3n) is 2.09. The van der Waals surface area contributed by atoms with Crippen molar-refractivity contribution in [3.8, 4) is 0 Å². The average molecular weight is 219 g/mol. The number of hydrogen-bond acceptors (Lipinski definition) is 2. The van der Waals surface area contributed by atoms with Gasteiger partial charge in [0.05, 0.1) is 12.1 Å². The predicted molar refractivity (Wildman–Crippen MR) is 51.6 cm³/mol. The van der Waals surface area contributed by atoms with E-state index >= 15 is 0 Å². The number of carboxylic acid groups (broad SMARTS) is 1. The van der Waals surface area contributed by atoms with E-state index in [0.717, 1.165) is 0 Å². The topological polar surface area (TPSA) is 64.2 Å². The second-order valence-corrected chi connectivity index (χ2v) is 3.39. The van der Waals surface area contributed by atoms with E-state index in [4.69, 9.17) is 16.7 Å². The van der Waals surface area contributed by atoms with Gasteiger partial charge in [-0.1, -0.05) is 11.6 Å². The molecule has 6 heteroatoms. The molecule has 0 saturated carbocycles. The van der Waals surface area contributed by atoms with Gasteiger partial charge >= 0.3 is 11.7 Å². The van der Waals surface area contributed by atoms with Gasteiger partial charge in [0.1, 0.15) is 5.15 Å². The van der Waals surface area contributed by atoms with E-state index in [1.54, 1.807) is 14.1 Å². The summed E-state index contributed by atoms with van der Waals surface area (Å²) in [4.78, 5) is 21.7. The zero-order valence-corrected chi connectivity index (χ0v) is 8.71. The zero-order chi connectivity index (χ0) is 10.9. The summed E-state index contributed by atoms with van der Waals surface area (Å²) in [5.74, 6) is -0.905. The fourth-order valence-electron chi connectivity index (χ4n) is 1.25. The average Bonchev–Trinajstić information content (AvgIpc) is 2.29. The first-order chi connectivity index (χ1) is 6.45. The van der Waals surface area contributed by atoms with Crippen LogP contribution < -0.4 is 5.69 Å². The Morgan fingerprint density at radius 3 is 2.36 bits per heavy atom. The van der Waals surface area contributed by atoms with Gasteiger partial charge in [-0.3, -0.25) is 13.9 Å². The molecule has 0 bridgehead atoms. The highest BCUT2D eigenvalue weighted by atomic mass is 35.5. The Labute approximate surface area is 85.5 Å². The Kier molecular flexibility index (Phi) is 3.00. The molecule has 1 heterocycles. The zero-order valence-electron chi connectivity index (χ0n) is 7.95. The summed E-state index contributed by atoms with van der Waals surface area (Å²) in [5.41, 5.74) is 0.317. The lowest BCUT2D eigenvalue weighted by molar-refractivity contribution is -0.136. The molecule has 0 fully saturated rings. The largest absolute Gasteiger partial charge is 0.481 e. The molecule has 0 amide bonds. The van der Waals surface area contributed by atoms with Crippen LogP contribution in [0.1, 0.15) is 12.1 Å². The summed E-state index contributed by atoms with van der Waals surface area (Å²) < 4.78 is 2.66. The van der Waals surface area contributed by atoms with Gasteiger partial charge in [0, 0.05) is 20.5 Å². The third-order valence-corrected chi connectivity index (χ3v) is 2.56. The van der Waals surface area contributed by atoms with Crippen LogP contribution in [0.15, 0.2) is 4.79 Å². The summed E-state index contributed by atoms with van der Waals surface area (Å²) in [7, 11) is 3.13. The molecule has 1 aromatic heterocycles. The Balaban J connectivity index is 3.03. The highest BCUT2D eigenvalue weighted by molar-refractivity contribution is 6.30. The van der Waals surface area contributed by atoms with Crippen LogP contribution in [-0.2, 0) is 25.3 Å². The SMILES string of the molecule is Cn1c(Cl)c(CCC(=O)O)n(C)c1=O. The van der Waals surface area contributed by atoms with Crippen LogP contribution in [0.4, 0.5) is 0 Å². The quantitative estimate of drug-likeness (QED) is 0.799. The Hall–Kier alpha value is -1.23. The minimum atomic E-state index is -0.905. The van der Waals surface area contributed by atoms with Crippen molar-refractivity contribution in [2.75, 3.05) is 0 Å². The van der Waals surface area contributed by atoms with Crippen LogP contribution in [0, 0.1) is 0 Å². The maximum absolute atomic E-state index is 11.3. The van der Waals surface area contributed by atoms with Gasteiger partial charge in [-0.25, -0.2) is 4.79 Å². The van der Waals surface area contributed by atoms with Crippen LogP contribution in [0.5, 0.6) is 0 Å². The molecular formula is C8H11ClN2O3. The number of halogens is 1. The van der Waals surface area contributed by atoms with Crippen molar-refractivity contribution >= 4 is 17.6 Å². The molecular weight excluding hydrogens is 208 g/mol. The number of hydrogen-bond donors (Lipinski definition) is 1. The highest BCUT2D eigenvalue weighted by Crippen LogP contribution is 2.14. The van der Waals surface area contributed by atoms with Gasteiger partial charge in [0.15, 0.2) is 0 Å². The smallest absolute Gasteiger partial charge is 0.329 e. The van der Waals surface area contributed by atoms with Crippen LogP contribution in [0.3, 0.4) is 0 Å². The molecule has 0 saturated heterocycles. The predicted octanol–water partition coefficient (Wildman–Crippen LogP) is 0.394. The highest BCUT2D eigenvalue weighted by Gasteiger charge is 2.13. The van der Waals surface area contributed by atoms with Crippen molar-refractivity contribution < 1.29 is 9.90 Å². The number of rotatable bonds is 3. The standard InChI is InChI=1S/C8H11ClN2O3/c1-10-5(3-4-6(12)13)7(9)11(2)8(10)14/h3-4H2,1-2H3,(H,12,13). The summed E-state index contributed by atoms with van der Waals surface area (Å²) in [6, 6.07) is 0. The molecule has 5 nitrogen and oxygen atoms in total. The molecule has 0 aromatic carbocycles. The molecule has 0 radical (unpaired) electrons. The lowest BCUT2D eigenvalue weighted by Gasteiger charge is -1.99. The monoisotopic (exact) mass is 218 g/mol. The van der Waals surface area contributed by atoms with Crippen LogP contribution in [-0.4, -0.2) is 20.2 Å². The molecule has 0 spiro atoms. The maximum Gasteiger partial charge on any atom is 0.329 e. The fourth-order valence-corrected chi connectivity index (χ4v) is 1.55. The Morgan fingerprint density at radius 1 is 1.43 bits per heavy atom. The van der Waals surface area contributed by atoms with Gasteiger partial charge < -0.3 is 5.11 Å². The molecule has 0 aliphatic carbocycles. The molecule has 1 aromatic rings. The summed E-state index contributed by atoms with van der Waals surface area (Å²) >= 11 is 5.85. The van der Waals surface area contributed by atoms with Gasteiger partial charge in [0.2, 0.25) is 0 Å². The molecule has 1 N–H and O–H groups in total. The minimum Gasteiger partial charge on any atom is -0.481 e. The number of carboxylic acids is 1. The van der Waals surface area contributed by atoms with Crippen molar-refractivity contribution in [2.45, 2.75) is 12.8 Å². The first kappa shape index (κ1) is 10.8. The van der Waals surface area contributed by atoms with E-state index < -0.39 is 5.97 Å². The van der Waals surface area contributed by atoms with Crippen molar-refractivity contribution in [1.82, 2.24) is 9.13 Å². The first-order valence-corrected chi connectivity index (χ1v) is 4.44. The van der Waals surface area contributed by atoms with E-state index in [0.29, 0.717) is 10.8 Å². The summed E-state index contributed by atoms with van der Waals surface area (Å²) in [6.07, 6.45) is 0.234. The molecule has 0 atom stereocenters. The fraction of sp³-hybridized carbons (Fsp3) is 0.500. The van der Waals surface area contributed by atoms with Crippen LogP contribution in [0.25, 0.3) is 0 Å². The summed E-state index contributed by atoms with van der Waals surface area (Å²) in [6.45, 7) is 0. The van der Waals surface area contributed by atoms with E-state index in [1.807, 2.05) is 0 Å². The van der Waals surface area contributed by atoms with Gasteiger partial charge in [-0.05, 0) is 0 Å². The third kappa shape index (κ3) is 1.82. The van der Waals surface area contributed by atoms with Gasteiger partial charge in [-0.2, -0.15) is 0 Å². The number of nitrogens with zero attached hydrogens (tertiary/aromatic N) is 2. The number of imidazole rings is 1. The van der Waals surface area contributed by atoms with Crippen molar-refractivity contribution in [3.63, 3.8) is 0 Å². The molecule has 78 valence electrons. The lowest BCUT2D eigenvalue weighted by atomic mass is 10.2. The molecule has 0 aliphatic rings. The Morgan fingerprint density at radius 2 is 2.00 bits per heavy atom. The second kappa shape index (κ2) is 3.88. The summed E-state index contributed by atoms with van der Waals surface area (Å²) in [5, 5.41) is 8.80. The number of aromatic nitrogens is 2. The Bertz CT molecular complexity index is 419. The van der Waals surface area contributed by atoms with Crippen LogP contribution >= 0.6 is 11.6 Å². The van der Waals surface area contributed by atoms with Gasteiger partial charge in [0.25, 0.3) is 0 Å². The van der Waals surface area contributed by atoms with E-state index in [-0.39, 0.29) is 18.5 Å². The first-order valence-electron chi connectivity index (χ1n) is 4.07. The number of carbonyl (C=O) groups is 1. The van der Waals surface area contributed by atoms with Gasteiger partial charge in [-0.15, -0.1) is 0 Å². The molecule has 14 heavy (non-hydrogen) atoms. The normalized spacial score (nSPS) is 10.5. The lowest BCUT2D eigenvalue weighted by Crippen LogP contribution is -2.20.